The summed E-state index contributed by atoms with van der Waals surface area (Å²) in [6.07, 6.45) is 2.79. The molecule has 0 saturated carbocycles. The molecule has 3 heterocycles. The first-order chi connectivity index (χ1) is 14.9. The predicted molar refractivity (Wildman–Crippen MR) is 123 cm³/mol. The molecule has 1 spiro atoms. The van der Waals surface area contributed by atoms with Crippen LogP contribution in [-0.2, 0) is 6.42 Å². The molecule has 1 aliphatic heterocycles. The van der Waals surface area contributed by atoms with Gasteiger partial charge in [-0.05, 0) is 30.7 Å². The second kappa shape index (κ2) is 7.61. The largest absolute Gasteiger partial charge is 0.383 e. The number of hydrogen-bond acceptors (Lipinski definition) is 8. The lowest BCUT2D eigenvalue weighted by atomic mass is 9.74. The van der Waals surface area contributed by atoms with E-state index in [0.29, 0.717) is 27.1 Å². The SMILES string of the molecule is N#Cc1nc(N2CCC3(CC2)Cc2scnc2[C@H]3N)nc(N)c1-c1cccc(Cl)c1Cl. The Bertz CT molecular complexity index is 1210. The zero-order valence-electron chi connectivity index (χ0n) is 16.5. The Balaban J connectivity index is 1.43. The van der Waals surface area contributed by atoms with E-state index >= 15 is 0 Å². The van der Waals surface area contributed by atoms with Crippen LogP contribution in [0, 0.1) is 16.7 Å². The van der Waals surface area contributed by atoms with Gasteiger partial charge in [-0.25, -0.2) is 9.97 Å². The molecule has 158 valence electrons. The Labute approximate surface area is 193 Å². The number of thiazole rings is 1. The molecule has 5 rings (SSSR count). The zero-order valence-corrected chi connectivity index (χ0v) is 18.8. The van der Waals surface area contributed by atoms with Crippen LogP contribution >= 0.6 is 34.5 Å². The third-order valence-electron chi connectivity index (χ3n) is 6.43. The number of rotatable bonds is 2. The summed E-state index contributed by atoms with van der Waals surface area (Å²) in [5.74, 6) is 0.653. The number of nitrogen functional groups attached to an aromatic ring is 1. The predicted octanol–water partition coefficient (Wildman–Crippen LogP) is 4.20. The molecule has 1 atom stereocenters. The van der Waals surface area contributed by atoms with Crippen molar-refractivity contribution in [1.29, 1.82) is 5.26 Å². The highest BCUT2D eigenvalue weighted by atomic mass is 35.5. The molecule has 0 radical (unpaired) electrons. The molecule has 7 nitrogen and oxygen atoms in total. The van der Waals surface area contributed by atoms with Gasteiger partial charge in [0.15, 0.2) is 5.69 Å². The lowest BCUT2D eigenvalue weighted by Crippen LogP contribution is -2.45. The van der Waals surface area contributed by atoms with Crippen molar-refractivity contribution >= 4 is 46.3 Å². The maximum atomic E-state index is 9.75. The number of aromatic nitrogens is 3. The summed E-state index contributed by atoms with van der Waals surface area (Å²) in [7, 11) is 0. The van der Waals surface area contributed by atoms with Crippen molar-refractivity contribution in [2.75, 3.05) is 23.7 Å². The van der Waals surface area contributed by atoms with Gasteiger partial charge in [0, 0.05) is 23.5 Å². The van der Waals surface area contributed by atoms with E-state index in [1.807, 2.05) is 5.51 Å². The van der Waals surface area contributed by atoms with E-state index in [-0.39, 0.29) is 23.0 Å². The minimum Gasteiger partial charge on any atom is -0.383 e. The number of nitrogens with two attached hydrogens (primary N) is 2. The van der Waals surface area contributed by atoms with Crippen LogP contribution in [0.4, 0.5) is 11.8 Å². The highest BCUT2D eigenvalue weighted by Gasteiger charge is 2.47. The topological polar surface area (TPSA) is 118 Å². The van der Waals surface area contributed by atoms with Gasteiger partial charge >= 0.3 is 0 Å². The number of benzene rings is 1. The Morgan fingerprint density at radius 3 is 2.71 bits per heavy atom. The number of fused-ring (bicyclic) bond motifs is 1. The maximum Gasteiger partial charge on any atom is 0.228 e. The van der Waals surface area contributed by atoms with Crippen LogP contribution in [0.15, 0.2) is 23.7 Å². The fraction of sp³-hybridized carbons (Fsp3) is 0.333. The van der Waals surface area contributed by atoms with E-state index in [4.69, 9.17) is 34.7 Å². The van der Waals surface area contributed by atoms with Gasteiger partial charge in [0.05, 0.1) is 32.9 Å². The summed E-state index contributed by atoms with van der Waals surface area (Å²) in [5.41, 5.74) is 16.9. The number of nitriles is 1. The smallest absolute Gasteiger partial charge is 0.228 e. The first-order valence-corrected chi connectivity index (χ1v) is 11.5. The fourth-order valence-electron chi connectivity index (χ4n) is 4.68. The summed E-state index contributed by atoms with van der Waals surface area (Å²) < 4.78 is 0. The summed E-state index contributed by atoms with van der Waals surface area (Å²) in [4.78, 5) is 16.9. The summed E-state index contributed by atoms with van der Waals surface area (Å²) in [5, 5.41) is 10.5. The number of nitrogens with zero attached hydrogens (tertiary/aromatic N) is 5. The lowest BCUT2D eigenvalue weighted by molar-refractivity contribution is 0.185. The third kappa shape index (κ3) is 3.24. The van der Waals surface area contributed by atoms with Gasteiger partial charge in [0.25, 0.3) is 0 Å². The standard InChI is InChI=1S/C21H19Cl2N7S/c22-12-3-1-2-11(16(12)23)15-13(9-24)28-20(29-19(15)26)30-6-4-21(5-7-30)8-14-17(18(21)25)27-10-31-14/h1-3,10,18H,4-8,25H2,(H2,26,28,29)/t18-/m1/s1. The molecule has 31 heavy (non-hydrogen) atoms. The molecule has 10 heteroatoms. The molecular weight excluding hydrogens is 453 g/mol. The molecule has 3 aromatic rings. The van der Waals surface area contributed by atoms with Crippen LogP contribution in [0.1, 0.15) is 35.1 Å². The monoisotopic (exact) mass is 471 g/mol. The van der Waals surface area contributed by atoms with Gasteiger partial charge in [0.1, 0.15) is 11.9 Å². The molecule has 0 amide bonds. The third-order valence-corrected chi connectivity index (χ3v) is 8.10. The second-order valence-electron chi connectivity index (χ2n) is 8.01. The zero-order chi connectivity index (χ0) is 21.8. The molecule has 1 aromatic carbocycles. The minimum atomic E-state index is -0.0381. The van der Waals surface area contributed by atoms with Crippen molar-refractivity contribution in [3.63, 3.8) is 0 Å². The highest BCUT2D eigenvalue weighted by molar-refractivity contribution is 7.09. The van der Waals surface area contributed by atoms with Crippen LogP contribution in [0.5, 0.6) is 0 Å². The molecule has 2 aromatic heterocycles. The Hall–Kier alpha value is -2.44. The van der Waals surface area contributed by atoms with Gasteiger partial charge in [-0.3, -0.25) is 0 Å². The van der Waals surface area contributed by atoms with E-state index < -0.39 is 0 Å². The first-order valence-electron chi connectivity index (χ1n) is 9.88. The molecule has 0 bridgehead atoms. The average molecular weight is 472 g/mol. The van der Waals surface area contributed by atoms with Crippen molar-refractivity contribution in [2.24, 2.45) is 11.1 Å². The van der Waals surface area contributed by atoms with Crippen molar-refractivity contribution < 1.29 is 0 Å². The molecule has 0 unspecified atom stereocenters. The highest BCUT2D eigenvalue weighted by Crippen LogP contribution is 2.51. The van der Waals surface area contributed by atoms with Crippen LogP contribution in [0.2, 0.25) is 10.0 Å². The van der Waals surface area contributed by atoms with Crippen LogP contribution < -0.4 is 16.4 Å². The Morgan fingerprint density at radius 1 is 1.23 bits per heavy atom. The average Bonchev–Trinajstić information content (AvgIpc) is 3.32. The van der Waals surface area contributed by atoms with Crippen LogP contribution in [0.25, 0.3) is 11.1 Å². The first kappa shape index (κ1) is 20.5. The van der Waals surface area contributed by atoms with Crippen molar-refractivity contribution in [3.8, 4) is 17.2 Å². The quantitative estimate of drug-likeness (QED) is 0.574. The molecule has 1 fully saturated rings. The van der Waals surface area contributed by atoms with E-state index in [9.17, 15) is 5.26 Å². The normalized spacial score (nSPS) is 19.4. The van der Waals surface area contributed by atoms with Crippen LogP contribution in [0.3, 0.4) is 0 Å². The minimum absolute atomic E-state index is 0.0315. The van der Waals surface area contributed by atoms with Crippen molar-refractivity contribution in [1.82, 2.24) is 15.0 Å². The van der Waals surface area contributed by atoms with Gasteiger partial charge < -0.3 is 16.4 Å². The lowest BCUT2D eigenvalue weighted by Gasteiger charge is -2.42. The van der Waals surface area contributed by atoms with E-state index in [1.54, 1.807) is 29.5 Å². The molecule has 1 saturated heterocycles. The number of halogens is 2. The van der Waals surface area contributed by atoms with E-state index in [0.717, 1.165) is 38.0 Å². The van der Waals surface area contributed by atoms with E-state index in [2.05, 4.69) is 25.9 Å². The fourth-order valence-corrected chi connectivity index (χ4v) is 6.03. The van der Waals surface area contributed by atoms with Gasteiger partial charge in [-0.15, -0.1) is 11.3 Å². The molecule has 1 aliphatic carbocycles. The summed E-state index contributed by atoms with van der Waals surface area (Å²) >= 11 is 14.2. The number of anilines is 2. The van der Waals surface area contributed by atoms with Gasteiger partial charge in [-0.1, -0.05) is 35.3 Å². The molecule has 2 aliphatic rings. The second-order valence-corrected chi connectivity index (χ2v) is 9.73. The maximum absolute atomic E-state index is 9.75. The van der Waals surface area contributed by atoms with E-state index in [1.165, 1.54) is 4.88 Å². The number of hydrogen-bond donors (Lipinski definition) is 2. The summed E-state index contributed by atoms with van der Waals surface area (Å²) in [6, 6.07) is 7.28. The van der Waals surface area contributed by atoms with Crippen molar-refractivity contribution in [3.05, 3.63) is 50.0 Å². The van der Waals surface area contributed by atoms with Crippen molar-refractivity contribution in [2.45, 2.75) is 25.3 Å². The van der Waals surface area contributed by atoms with Crippen LogP contribution in [-0.4, -0.2) is 28.0 Å². The Morgan fingerprint density at radius 2 is 2.00 bits per heavy atom. The number of piperidine rings is 1. The Kier molecular flexibility index (Phi) is 5.02. The molecule has 4 N–H and O–H groups in total. The molecular formula is C21H19Cl2N7S. The van der Waals surface area contributed by atoms with Gasteiger partial charge in [0.2, 0.25) is 5.95 Å². The summed E-state index contributed by atoms with van der Waals surface area (Å²) in [6.45, 7) is 1.48. The van der Waals surface area contributed by atoms with Gasteiger partial charge in [-0.2, -0.15) is 10.2 Å².